The van der Waals surface area contributed by atoms with Crippen LogP contribution in [0.2, 0.25) is 5.02 Å². The van der Waals surface area contributed by atoms with Crippen molar-refractivity contribution in [1.29, 1.82) is 0 Å². The number of nitrogens with zero attached hydrogens (tertiary/aromatic N) is 5. The summed E-state index contributed by atoms with van der Waals surface area (Å²) in [6.07, 6.45) is 3.46. The largest absolute Gasteiger partial charge is 0.496 e. The van der Waals surface area contributed by atoms with Gasteiger partial charge >= 0.3 is 0 Å². The van der Waals surface area contributed by atoms with Crippen molar-refractivity contribution in [2.45, 2.75) is 26.3 Å². The number of aromatic nitrogens is 4. The highest BCUT2D eigenvalue weighted by atomic mass is 35.5. The first-order valence-corrected chi connectivity index (χ1v) is 8.23. The summed E-state index contributed by atoms with van der Waals surface area (Å²) in [5, 5.41) is 4.97. The Bertz CT molecular complexity index is 848. The second-order valence-corrected chi connectivity index (χ2v) is 6.08. The minimum atomic E-state index is 0.612. The second-order valence-electron chi connectivity index (χ2n) is 5.64. The maximum Gasteiger partial charge on any atom is 0.254 e. The molecule has 3 rings (SSSR count). The van der Waals surface area contributed by atoms with Crippen LogP contribution in [0.3, 0.4) is 0 Å². The van der Waals surface area contributed by atoms with Crippen LogP contribution < -0.4 is 9.64 Å². The molecule has 0 aliphatic heterocycles. The Balaban J connectivity index is 1.98. The number of aryl methyl sites for hydroxylation is 1. The van der Waals surface area contributed by atoms with Gasteiger partial charge in [0.25, 0.3) is 5.78 Å². The molecule has 24 heavy (non-hydrogen) atoms. The van der Waals surface area contributed by atoms with Crippen molar-refractivity contribution in [2.24, 2.45) is 0 Å². The number of hydrogen-bond acceptors (Lipinski definition) is 5. The number of methoxy groups -OCH3 is 1. The van der Waals surface area contributed by atoms with Crippen LogP contribution in [0.15, 0.2) is 30.6 Å². The first-order chi connectivity index (χ1) is 11.6. The summed E-state index contributed by atoms with van der Waals surface area (Å²) >= 11 is 6.14. The Hall–Kier alpha value is -2.34. The predicted octanol–water partition coefficient (Wildman–Crippen LogP) is 3.38. The number of halogens is 1. The summed E-state index contributed by atoms with van der Waals surface area (Å²) in [5.74, 6) is 2.35. The van der Waals surface area contributed by atoms with Gasteiger partial charge in [-0.15, -0.1) is 0 Å². The van der Waals surface area contributed by atoms with Crippen LogP contribution in [0.4, 0.5) is 5.82 Å². The van der Waals surface area contributed by atoms with Crippen LogP contribution in [-0.2, 0) is 13.0 Å². The zero-order valence-corrected chi connectivity index (χ0v) is 14.8. The lowest BCUT2D eigenvalue weighted by Crippen LogP contribution is -2.21. The molecule has 0 radical (unpaired) electrons. The lowest BCUT2D eigenvalue weighted by atomic mass is 10.2. The summed E-state index contributed by atoms with van der Waals surface area (Å²) in [4.78, 5) is 10.9. The summed E-state index contributed by atoms with van der Waals surface area (Å²) in [6, 6.07) is 7.68. The monoisotopic (exact) mass is 345 g/mol. The molecule has 1 aromatic carbocycles. The van der Waals surface area contributed by atoms with Gasteiger partial charge in [0, 0.05) is 35.9 Å². The number of hydrogen-bond donors (Lipinski definition) is 0. The van der Waals surface area contributed by atoms with Gasteiger partial charge in [-0.1, -0.05) is 24.9 Å². The van der Waals surface area contributed by atoms with Crippen molar-refractivity contribution in [3.05, 3.63) is 46.9 Å². The Morgan fingerprint density at radius 2 is 2.12 bits per heavy atom. The van der Waals surface area contributed by atoms with Crippen molar-refractivity contribution in [1.82, 2.24) is 19.6 Å². The van der Waals surface area contributed by atoms with Gasteiger partial charge in [0.1, 0.15) is 17.9 Å². The quantitative estimate of drug-likeness (QED) is 0.685. The third-order valence-electron chi connectivity index (χ3n) is 3.83. The Labute approximate surface area is 146 Å². The van der Waals surface area contributed by atoms with E-state index >= 15 is 0 Å². The van der Waals surface area contributed by atoms with Gasteiger partial charge in [-0.2, -0.15) is 14.6 Å². The minimum absolute atomic E-state index is 0.612. The molecule has 0 atom stereocenters. The van der Waals surface area contributed by atoms with Gasteiger partial charge in [-0.3, -0.25) is 0 Å². The van der Waals surface area contributed by atoms with E-state index in [1.165, 1.54) is 6.33 Å². The summed E-state index contributed by atoms with van der Waals surface area (Å²) < 4.78 is 7.19. The molecular formula is C17H20ClN5O. The van der Waals surface area contributed by atoms with Crippen molar-refractivity contribution >= 4 is 23.2 Å². The fourth-order valence-electron chi connectivity index (χ4n) is 2.71. The average Bonchev–Trinajstić information content (AvgIpc) is 3.03. The zero-order chi connectivity index (χ0) is 17.1. The number of benzene rings is 1. The second kappa shape index (κ2) is 7.05. The van der Waals surface area contributed by atoms with Crippen molar-refractivity contribution < 1.29 is 4.74 Å². The minimum Gasteiger partial charge on any atom is -0.496 e. The van der Waals surface area contributed by atoms with Gasteiger partial charge < -0.3 is 9.64 Å². The van der Waals surface area contributed by atoms with Crippen LogP contribution in [-0.4, -0.2) is 33.7 Å². The number of fused-ring (bicyclic) bond motifs is 1. The van der Waals surface area contributed by atoms with Gasteiger partial charge in [-0.25, -0.2) is 4.98 Å². The SMILES string of the molecule is CCCc1cc(N(C)Cc2cc(Cl)ccc2OC)n2ncnc2n1. The highest BCUT2D eigenvalue weighted by molar-refractivity contribution is 6.30. The van der Waals surface area contributed by atoms with Crippen LogP contribution in [0.1, 0.15) is 24.6 Å². The molecule has 3 aromatic rings. The highest BCUT2D eigenvalue weighted by Gasteiger charge is 2.14. The van der Waals surface area contributed by atoms with Crippen molar-refractivity contribution in [3.8, 4) is 5.75 Å². The highest BCUT2D eigenvalue weighted by Crippen LogP contribution is 2.26. The van der Waals surface area contributed by atoms with E-state index in [4.69, 9.17) is 16.3 Å². The molecule has 0 unspecified atom stereocenters. The normalized spacial score (nSPS) is 11.0. The molecule has 0 spiro atoms. The topological polar surface area (TPSA) is 55.6 Å². The maximum absolute atomic E-state index is 6.14. The third kappa shape index (κ3) is 3.28. The van der Waals surface area contributed by atoms with Gasteiger partial charge in [-0.05, 0) is 24.6 Å². The maximum atomic E-state index is 6.14. The molecule has 7 heteroatoms. The van der Waals surface area contributed by atoms with Crippen LogP contribution in [0.25, 0.3) is 5.78 Å². The van der Waals surface area contributed by atoms with E-state index in [0.29, 0.717) is 17.3 Å². The molecule has 0 saturated heterocycles. The molecular weight excluding hydrogens is 326 g/mol. The fraction of sp³-hybridized carbons (Fsp3) is 0.353. The molecule has 6 nitrogen and oxygen atoms in total. The standard InChI is InChI=1S/C17H20ClN5O/c1-4-5-14-9-16(23-17(21-14)19-11-20-23)22(2)10-12-8-13(18)6-7-15(12)24-3/h6-9,11H,4-5,10H2,1-3H3. The van der Waals surface area contributed by atoms with E-state index < -0.39 is 0 Å². The molecule has 0 aliphatic rings. The fourth-order valence-corrected chi connectivity index (χ4v) is 2.90. The molecule has 0 saturated carbocycles. The van der Waals surface area contributed by atoms with Gasteiger partial charge in [0.2, 0.25) is 0 Å². The Morgan fingerprint density at radius 3 is 2.88 bits per heavy atom. The zero-order valence-electron chi connectivity index (χ0n) is 14.0. The van der Waals surface area contributed by atoms with E-state index in [0.717, 1.165) is 35.7 Å². The van der Waals surface area contributed by atoms with Crippen molar-refractivity contribution in [3.63, 3.8) is 0 Å². The van der Waals surface area contributed by atoms with E-state index in [-0.39, 0.29) is 0 Å². The van der Waals surface area contributed by atoms with Crippen LogP contribution >= 0.6 is 11.6 Å². The molecule has 0 fully saturated rings. The number of rotatable bonds is 6. The Morgan fingerprint density at radius 1 is 1.29 bits per heavy atom. The Kier molecular flexibility index (Phi) is 4.85. The van der Waals surface area contributed by atoms with E-state index in [2.05, 4.69) is 33.0 Å². The third-order valence-corrected chi connectivity index (χ3v) is 4.07. The lowest BCUT2D eigenvalue weighted by Gasteiger charge is -2.21. The molecule has 2 aromatic heterocycles. The summed E-state index contributed by atoms with van der Waals surface area (Å²) in [7, 11) is 3.67. The predicted molar refractivity (Wildman–Crippen MR) is 94.9 cm³/mol. The molecule has 126 valence electrons. The first kappa shape index (κ1) is 16.5. The van der Waals surface area contributed by atoms with E-state index in [1.807, 2.05) is 25.2 Å². The molecule has 0 aliphatic carbocycles. The number of ether oxygens (including phenoxy) is 1. The molecule has 0 amide bonds. The van der Waals surface area contributed by atoms with Gasteiger partial charge in [0.05, 0.1) is 7.11 Å². The smallest absolute Gasteiger partial charge is 0.254 e. The van der Waals surface area contributed by atoms with Crippen LogP contribution in [0.5, 0.6) is 5.75 Å². The summed E-state index contributed by atoms with van der Waals surface area (Å²) in [6.45, 7) is 2.77. The van der Waals surface area contributed by atoms with E-state index in [9.17, 15) is 0 Å². The summed E-state index contributed by atoms with van der Waals surface area (Å²) in [5.41, 5.74) is 2.02. The molecule has 0 bridgehead atoms. The van der Waals surface area contributed by atoms with Crippen molar-refractivity contribution in [2.75, 3.05) is 19.1 Å². The lowest BCUT2D eigenvalue weighted by molar-refractivity contribution is 0.409. The van der Waals surface area contributed by atoms with E-state index in [1.54, 1.807) is 11.6 Å². The molecule has 2 heterocycles. The molecule has 0 N–H and O–H groups in total. The van der Waals surface area contributed by atoms with Crippen LogP contribution in [0, 0.1) is 0 Å². The van der Waals surface area contributed by atoms with Gasteiger partial charge in [0.15, 0.2) is 0 Å². The first-order valence-electron chi connectivity index (χ1n) is 7.85. The average molecular weight is 346 g/mol. The number of anilines is 1.